The highest BCUT2D eigenvalue weighted by Gasteiger charge is 2.11. The molecule has 0 bridgehead atoms. The summed E-state index contributed by atoms with van der Waals surface area (Å²) in [6, 6.07) is 10.1. The van der Waals surface area contributed by atoms with Crippen LogP contribution >= 0.6 is 36.2 Å². The predicted octanol–water partition coefficient (Wildman–Crippen LogP) is 2.99. The fourth-order valence-corrected chi connectivity index (χ4v) is 2.37. The molecule has 1 amide bonds. The van der Waals surface area contributed by atoms with Crippen LogP contribution in [0.4, 0.5) is 0 Å². The van der Waals surface area contributed by atoms with Gasteiger partial charge in [0, 0.05) is 18.2 Å². The average Bonchev–Trinajstić information content (AvgIpc) is 2.95. The third kappa shape index (κ3) is 5.63. The van der Waals surface area contributed by atoms with Crippen LogP contribution in [-0.2, 0) is 0 Å². The molecule has 4 nitrogen and oxygen atoms in total. The maximum atomic E-state index is 11.9. The number of likely N-dealkylation sites (N-methyl/N-ethyl adjacent to an activating group) is 1. The van der Waals surface area contributed by atoms with Gasteiger partial charge in [0.15, 0.2) is 0 Å². The molecule has 0 spiro atoms. The van der Waals surface area contributed by atoms with Crippen molar-refractivity contribution < 1.29 is 4.79 Å². The SMILES string of the molecule is CNC(C)CNC(=O)c1cnc(-c2ccccc2)s1.Cl.Cl. The number of thiazole rings is 1. The molecule has 0 aliphatic rings. The van der Waals surface area contributed by atoms with E-state index in [1.54, 1.807) is 6.20 Å². The van der Waals surface area contributed by atoms with Gasteiger partial charge in [-0.2, -0.15) is 0 Å². The average molecular weight is 348 g/mol. The lowest BCUT2D eigenvalue weighted by atomic mass is 10.2. The normalized spacial score (nSPS) is 11.0. The number of hydrogen-bond acceptors (Lipinski definition) is 4. The Morgan fingerprint density at radius 2 is 1.95 bits per heavy atom. The highest BCUT2D eigenvalue weighted by molar-refractivity contribution is 7.16. The largest absolute Gasteiger partial charge is 0.350 e. The van der Waals surface area contributed by atoms with Crippen LogP contribution < -0.4 is 10.6 Å². The van der Waals surface area contributed by atoms with Gasteiger partial charge in [-0.05, 0) is 14.0 Å². The van der Waals surface area contributed by atoms with E-state index in [1.165, 1.54) is 11.3 Å². The highest BCUT2D eigenvalue weighted by Crippen LogP contribution is 2.24. The Labute approximate surface area is 141 Å². The van der Waals surface area contributed by atoms with Crippen molar-refractivity contribution in [2.24, 2.45) is 0 Å². The lowest BCUT2D eigenvalue weighted by Gasteiger charge is -2.10. The molecule has 7 heteroatoms. The lowest BCUT2D eigenvalue weighted by molar-refractivity contribution is 0.0954. The molecular weight excluding hydrogens is 329 g/mol. The number of hydrogen-bond donors (Lipinski definition) is 2. The first-order valence-electron chi connectivity index (χ1n) is 6.17. The summed E-state index contributed by atoms with van der Waals surface area (Å²) in [5.41, 5.74) is 1.04. The Hall–Kier alpha value is -1.14. The molecule has 0 fully saturated rings. The van der Waals surface area contributed by atoms with E-state index < -0.39 is 0 Å². The molecule has 2 rings (SSSR count). The first-order chi connectivity index (χ1) is 9.20. The minimum absolute atomic E-state index is 0. The summed E-state index contributed by atoms with van der Waals surface area (Å²) < 4.78 is 0. The third-order valence-corrected chi connectivity index (χ3v) is 3.86. The first kappa shape index (κ1) is 19.9. The molecule has 1 aromatic carbocycles. The summed E-state index contributed by atoms with van der Waals surface area (Å²) in [7, 11) is 1.87. The monoisotopic (exact) mass is 347 g/mol. The molecule has 1 aromatic heterocycles. The molecule has 2 aromatic rings. The van der Waals surface area contributed by atoms with Crippen LogP contribution in [0.15, 0.2) is 36.5 Å². The van der Waals surface area contributed by atoms with Crippen molar-refractivity contribution in [2.45, 2.75) is 13.0 Å². The van der Waals surface area contributed by atoms with Crippen LogP contribution in [-0.4, -0.2) is 30.5 Å². The molecule has 116 valence electrons. The number of rotatable bonds is 5. The van der Waals surface area contributed by atoms with Gasteiger partial charge in [-0.1, -0.05) is 30.3 Å². The molecule has 0 saturated carbocycles. The van der Waals surface area contributed by atoms with E-state index in [4.69, 9.17) is 0 Å². The molecule has 1 atom stereocenters. The first-order valence-corrected chi connectivity index (χ1v) is 6.99. The molecule has 0 radical (unpaired) electrons. The smallest absolute Gasteiger partial charge is 0.263 e. The van der Waals surface area contributed by atoms with Gasteiger partial charge in [-0.3, -0.25) is 4.79 Å². The van der Waals surface area contributed by atoms with Gasteiger partial charge in [-0.25, -0.2) is 4.98 Å². The Kier molecular flexibility index (Phi) is 9.21. The van der Waals surface area contributed by atoms with Gasteiger partial charge in [0.1, 0.15) is 9.88 Å². The zero-order valence-corrected chi connectivity index (χ0v) is 14.3. The van der Waals surface area contributed by atoms with Crippen LogP contribution in [0.2, 0.25) is 0 Å². The Morgan fingerprint density at radius 3 is 2.57 bits per heavy atom. The fourth-order valence-electron chi connectivity index (χ4n) is 1.53. The minimum Gasteiger partial charge on any atom is -0.350 e. The van der Waals surface area contributed by atoms with E-state index in [9.17, 15) is 4.79 Å². The number of halogens is 2. The minimum atomic E-state index is -0.0678. The van der Waals surface area contributed by atoms with Crippen molar-refractivity contribution >= 4 is 42.1 Å². The van der Waals surface area contributed by atoms with Gasteiger partial charge in [0.2, 0.25) is 0 Å². The van der Waals surface area contributed by atoms with Crippen molar-refractivity contribution in [3.8, 4) is 10.6 Å². The molecule has 0 aliphatic heterocycles. The summed E-state index contributed by atoms with van der Waals surface area (Å²) in [4.78, 5) is 16.9. The molecule has 1 heterocycles. The number of aromatic nitrogens is 1. The van der Waals surface area contributed by atoms with E-state index in [1.807, 2.05) is 44.3 Å². The van der Waals surface area contributed by atoms with Crippen molar-refractivity contribution in [1.29, 1.82) is 0 Å². The zero-order valence-electron chi connectivity index (χ0n) is 11.8. The van der Waals surface area contributed by atoms with Crippen LogP contribution in [0.3, 0.4) is 0 Å². The summed E-state index contributed by atoms with van der Waals surface area (Å²) in [5, 5.41) is 6.83. The second-order valence-electron chi connectivity index (χ2n) is 4.30. The Morgan fingerprint density at radius 1 is 1.29 bits per heavy atom. The van der Waals surface area contributed by atoms with Crippen LogP contribution in [0.25, 0.3) is 10.6 Å². The van der Waals surface area contributed by atoms with Gasteiger partial charge >= 0.3 is 0 Å². The molecule has 0 saturated heterocycles. The summed E-state index contributed by atoms with van der Waals surface area (Å²) in [6.07, 6.45) is 1.63. The summed E-state index contributed by atoms with van der Waals surface area (Å²) in [6.45, 7) is 2.62. The van der Waals surface area contributed by atoms with Gasteiger partial charge in [0.05, 0.1) is 6.20 Å². The van der Waals surface area contributed by atoms with Gasteiger partial charge < -0.3 is 10.6 Å². The number of benzene rings is 1. The third-order valence-electron chi connectivity index (χ3n) is 2.81. The van der Waals surface area contributed by atoms with Gasteiger partial charge in [-0.15, -0.1) is 36.2 Å². The molecule has 21 heavy (non-hydrogen) atoms. The second-order valence-corrected chi connectivity index (χ2v) is 5.33. The van der Waals surface area contributed by atoms with E-state index >= 15 is 0 Å². The van der Waals surface area contributed by atoms with Crippen molar-refractivity contribution in [3.63, 3.8) is 0 Å². The van der Waals surface area contributed by atoms with Crippen molar-refractivity contribution in [3.05, 3.63) is 41.4 Å². The maximum Gasteiger partial charge on any atom is 0.263 e. The number of nitrogens with zero attached hydrogens (tertiary/aromatic N) is 1. The number of carbonyl (C=O) groups is 1. The Bertz CT molecular complexity index is 548. The lowest BCUT2D eigenvalue weighted by Crippen LogP contribution is -2.36. The topological polar surface area (TPSA) is 54.0 Å². The van der Waals surface area contributed by atoms with E-state index in [-0.39, 0.29) is 36.8 Å². The molecule has 0 aliphatic carbocycles. The van der Waals surface area contributed by atoms with Crippen LogP contribution in [0.1, 0.15) is 16.6 Å². The van der Waals surface area contributed by atoms with Crippen molar-refractivity contribution in [2.75, 3.05) is 13.6 Å². The highest BCUT2D eigenvalue weighted by atomic mass is 35.5. The Balaban J connectivity index is 0.00000200. The van der Waals surface area contributed by atoms with Crippen molar-refractivity contribution in [1.82, 2.24) is 15.6 Å². The van der Waals surface area contributed by atoms with Crippen LogP contribution in [0.5, 0.6) is 0 Å². The number of amides is 1. The molecule has 1 unspecified atom stereocenters. The van der Waals surface area contributed by atoms with Crippen LogP contribution in [0, 0.1) is 0 Å². The van der Waals surface area contributed by atoms with E-state index in [2.05, 4.69) is 15.6 Å². The molecular formula is C14H19Cl2N3OS. The van der Waals surface area contributed by atoms with E-state index in [0.717, 1.165) is 10.6 Å². The standard InChI is InChI=1S/C14H17N3OS.2ClH/c1-10(15-2)8-16-13(18)12-9-17-14(19-12)11-6-4-3-5-7-11;;/h3-7,9-10,15H,8H2,1-2H3,(H,16,18);2*1H. The van der Waals surface area contributed by atoms with Gasteiger partial charge in [0.25, 0.3) is 5.91 Å². The van der Waals surface area contributed by atoms with E-state index in [0.29, 0.717) is 11.4 Å². The predicted molar refractivity (Wildman–Crippen MR) is 92.9 cm³/mol. The number of nitrogens with one attached hydrogen (secondary N) is 2. The zero-order chi connectivity index (χ0) is 13.7. The quantitative estimate of drug-likeness (QED) is 0.873. The fraction of sp³-hybridized carbons (Fsp3) is 0.286. The maximum absolute atomic E-state index is 11.9. The second kappa shape index (κ2) is 9.73. The summed E-state index contributed by atoms with van der Waals surface area (Å²) >= 11 is 1.41. The molecule has 2 N–H and O–H groups in total. The number of carbonyl (C=O) groups excluding carboxylic acids is 1. The summed E-state index contributed by atoms with van der Waals surface area (Å²) in [5.74, 6) is -0.0678.